The van der Waals surface area contributed by atoms with Gasteiger partial charge in [0, 0.05) is 19.3 Å². The summed E-state index contributed by atoms with van der Waals surface area (Å²) < 4.78 is 17.0. The predicted octanol–water partition coefficient (Wildman–Crippen LogP) is 7.51. The molecule has 0 aromatic heterocycles. The third-order valence-corrected chi connectivity index (χ3v) is 6.66. The summed E-state index contributed by atoms with van der Waals surface area (Å²) in [5.41, 5.74) is 0. The van der Waals surface area contributed by atoms with Gasteiger partial charge >= 0.3 is 17.9 Å². The standard InChI is InChI=1S/C36H59NO7/c1-6-8-10-12-14-16-17-19-21-23-25-27-35(39)44-32(30-42-29-28-33(36(40)41)37(3,4)5)31-43-34(38)26-24-22-20-18-15-13-11-9-7-2/h8-11,14-16,18-19,21,32-33H,6-7,12-13,17,20,22-31H2,1-5H3/p+1/b10-8+,11-9+,16-14+,18-15+,21-19+. The summed E-state index contributed by atoms with van der Waals surface area (Å²) in [5.74, 6) is -1.60. The second kappa shape index (κ2) is 27.6. The molecule has 44 heavy (non-hydrogen) atoms. The van der Waals surface area contributed by atoms with Gasteiger partial charge in [0.25, 0.3) is 0 Å². The lowest BCUT2D eigenvalue weighted by Crippen LogP contribution is -2.50. The normalized spacial score (nSPS) is 13.9. The van der Waals surface area contributed by atoms with E-state index in [1.807, 2.05) is 21.1 Å². The summed E-state index contributed by atoms with van der Waals surface area (Å²) in [5, 5.41) is 9.53. The number of hydrogen-bond acceptors (Lipinski definition) is 6. The van der Waals surface area contributed by atoms with Crippen molar-refractivity contribution in [3.63, 3.8) is 0 Å². The van der Waals surface area contributed by atoms with Gasteiger partial charge in [-0.05, 0) is 64.2 Å². The first-order chi connectivity index (χ1) is 21.1. The fraction of sp³-hybridized carbons (Fsp3) is 0.639. The molecule has 2 unspecified atom stereocenters. The summed E-state index contributed by atoms with van der Waals surface area (Å²) in [6, 6.07) is -0.627. The molecule has 2 atom stereocenters. The third kappa shape index (κ3) is 25.5. The monoisotopic (exact) mass is 618 g/mol. The van der Waals surface area contributed by atoms with Crippen molar-refractivity contribution in [2.24, 2.45) is 0 Å². The first-order valence-electron chi connectivity index (χ1n) is 16.3. The van der Waals surface area contributed by atoms with Crippen LogP contribution in [0.25, 0.3) is 0 Å². The fourth-order valence-electron chi connectivity index (χ4n) is 4.15. The quantitative estimate of drug-likeness (QED) is 0.0440. The number of esters is 2. The highest BCUT2D eigenvalue weighted by Gasteiger charge is 2.31. The van der Waals surface area contributed by atoms with Crippen LogP contribution in [0.2, 0.25) is 0 Å². The highest BCUT2D eigenvalue weighted by molar-refractivity contribution is 5.72. The van der Waals surface area contributed by atoms with Gasteiger partial charge in [-0.1, -0.05) is 74.6 Å². The van der Waals surface area contributed by atoms with Gasteiger partial charge in [-0.15, -0.1) is 0 Å². The van der Waals surface area contributed by atoms with E-state index in [1.54, 1.807) is 0 Å². The number of aliphatic carboxylic acids is 1. The van der Waals surface area contributed by atoms with Gasteiger partial charge in [0.15, 0.2) is 12.1 Å². The summed E-state index contributed by atoms with van der Waals surface area (Å²) in [7, 11) is 5.46. The maximum absolute atomic E-state index is 12.5. The van der Waals surface area contributed by atoms with E-state index in [1.165, 1.54) is 0 Å². The van der Waals surface area contributed by atoms with Crippen molar-refractivity contribution in [2.75, 3.05) is 41.0 Å². The molecule has 0 heterocycles. The van der Waals surface area contributed by atoms with Gasteiger partial charge < -0.3 is 23.8 Å². The predicted molar refractivity (Wildman–Crippen MR) is 178 cm³/mol. The maximum Gasteiger partial charge on any atom is 0.362 e. The zero-order valence-corrected chi connectivity index (χ0v) is 28.1. The Morgan fingerprint density at radius 1 is 0.682 bits per heavy atom. The van der Waals surface area contributed by atoms with Gasteiger partial charge in [-0.3, -0.25) is 9.59 Å². The highest BCUT2D eigenvalue weighted by atomic mass is 16.6. The molecule has 0 saturated heterocycles. The smallest absolute Gasteiger partial charge is 0.362 e. The lowest BCUT2D eigenvalue weighted by atomic mass is 10.1. The first-order valence-corrected chi connectivity index (χ1v) is 16.3. The first kappa shape index (κ1) is 41.0. The molecule has 0 aromatic rings. The number of nitrogens with zero attached hydrogens (tertiary/aromatic N) is 1. The molecular weight excluding hydrogens is 558 g/mol. The molecule has 0 aliphatic rings. The Bertz CT molecular complexity index is 912. The van der Waals surface area contributed by atoms with Gasteiger partial charge in [0.2, 0.25) is 0 Å². The van der Waals surface area contributed by atoms with Crippen LogP contribution in [0.4, 0.5) is 0 Å². The SMILES string of the molecule is CC/C=C/C/C=C/C/C=C/CCCC(=O)OC(COCCC(C(=O)O)[N+](C)(C)C)COC(=O)CCCC/C=C/C/C=C/CC. The lowest BCUT2D eigenvalue weighted by molar-refractivity contribution is -0.887. The van der Waals surface area contributed by atoms with E-state index >= 15 is 0 Å². The molecule has 8 heteroatoms. The molecular formula is C36H60NO7+. The van der Waals surface area contributed by atoms with Crippen LogP contribution in [0, 0.1) is 0 Å². The summed E-state index contributed by atoms with van der Waals surface area (Å²) >= 11 is 0. The summed E-state index contributed by atoms with van der Waals surface area (Å²) in [6.07, 6.45) is 30.1. The molecule has 250 valence electrons. The molecule has 0 rings (SSSR count). The van der Waals surface area contributed by atoms with E-state index < -0.39 is 18.1 Å². The van der Waals surface area contributed by atoms with E-state index in [-0.39, 0.29) is 42.7 Å². The van der Waals surface area contributed by atoms with E-state index in [9.17, 15) is 19.5 Å². The van der Waals surface area contributed by atoms with Crippen molar-refractivity contribution in [3.05, 3.63) is 60.8 Å². The topological polar surface area (TPSA) is 99.1 Å². The molecule has 1 N–H and O–H groups in total. The minimum absolute atomic E-state index is 0.0272. The summed E-state index contributed by atoms with van der Waals surface area (Å²) in [6.45, 7) is 4.34. The number of carboxylic acid groups (broad SMARTS) is 1. The van der Waals surface area contributed by atoms with E-state index in [0.717, 1.165) is 57.8 Å². The molecule has 0 amide bonds. The van der Waals surface area contributed by atoms with E-state index in [4.69, 9.17) is 14.2 Å². The number of ether oxygens (including phenoxy) is 3. The van der Waals surface area contributed by atoms with Crippen LogP contribution in [0.3, 0.4) is 0 Å². The number of quaternary nitrogens is 1. The van der Waals surface area contributed by atoms with Gasteiger partial charge in [0.1, 0.15) is 6.61 Å². The van der Waals surface area contributed by atoms with Crippen molar-refractivity contribution < 1.29 is 38.2 Å². The number of carbonyl (C=O) groups is 3. The Morgan fingerprint density at radius 3 is 1.75 bits per heavy atom. The Labute approximate surface area is 267 Å². The average molecular weight is 619 g/mol. The minimum atomic E-state index is -0.893. The number of carboxylic acids is 1. The molecule has 0 aliphatic heterocycles. The van der Waals surface area contributed by atoms with Crippen LogP contribution < -0.4 is 0 Å². The fourth-order valence-corrected chi connectivity index (χ4v) is 4.15. The highest BCUT2D eigenvalue weighted by Crippen LogP contribution is 2.10. The third-order valence-electron chi connectivity index (χ3n) is 6.66. The molecule has 0 fully saturated rings. The van der Waals surface area contributed by atoms with Gasteiger partial charge in [-0.2, -0.15) is 0 Å². The van der Waals surface area contributed by atoms with Gasteiger partial charge in [-0.25, -0.2) is 4.79 Å². The van der Waals surface area contributed by atoms with Gasteiger partial charge in [0.05, 0.1) is 34.4 Å². The van der Waals surface area contributed by atoms with Crippen LogP contribution in [0.15, 0.2) is 60.8 Å². The largest absolute Gasteiger partial charge is 0.477 e. The number of carbonyl (C=O) groups excluding carboxylic acids is 2. The summed E-state index contributed by atoms with van der Waals surface area (Å²) in [4.78, 5) is 36.5. The second-order valence-electron chi connectivity index (χ2n) is 11.6. The Morgan fingerprint density at radius 2 is 1.20 bits per heavy atom. The van der Waals surface area contributed by atoms with E-state index in [2.05, 4.69) is 74.6 Å². The molecule has 0 bridgehead atoms. The van der Waals surface area contributed by atoms with Crippen LogP contribution in [0.5, 0.6) is 0 Å². The van der Waals surface area contributed by atoms with Crippen molar-refractivity contribution in [1.82, 2.24) is 0 Å². The van der Waals surface area contributed by atoms with E-state index in [0.29, 0.717) is 19.3 Å². The zero-order chi connectivity index (χ0) is 32.9. The van der Waals surface area contributed by atoms with Crippen molar-refractivity contribution in [2.45, 2.75) is 109 Å². The van der Waals surface area contributed by atoms with Crippen molar-refractivity contribution in [3.8, 4) is 0 Å². The Balaban J connectivity index is 4.65. The minimum Gasteiger partial charge on any atom is -0.477 e. The zero-order valence-electron chi connectivity index (χ0n) is 28.1. The molecule has 0 aromatic carbocycles. The van der Waals surface area contributed by atoms with Crippen molar-refractivity contribution in [1.29, 1.82) is 0 Å². The molecule has 0 radical (unpaired) electrons. The molecule has 8 nitrogen and oxygen atoms in total. The average Bonchev–Trinajstić information content (AvgIpc) is 2.96. The van der Waals surface area contributed by atoms with Crippen molar-refractivity contribution >= 4 is 17.9 Å². The number of rotatable bonds is 27. The lowest BCUT2D eigenvalue weighted by Gasteiger charge is -2.31. The van der Waals surface area contributed by atoms with Crippen LogP contribution >= 0.6 is 0 Å². The maximum atomic E-state index is 12.5. The Hall–Kier alpha value is -2.97. The number of allylic oxidation sites excluding steroid dienone is 10. The number of likely N-dealkylation sites (N-methyl/N-ethyl adjacent to an activating group) is 1. The molecule has 0 spiro atoms. The Kier molecular flexibility index (Phi) is 25.7. The second-order valence-corrected chi connectivity index (χ2v) is 11.6. The molecule has 0 aliphatic carbocycles. The van der Waals surface area contributed by atoms with Crippen LogP contribution in [0.1, 0.15) is 97.3 Å². The van der Waals surface area contributed by atoms with Crippen LogP contribution in [-0.2, 0) is 28.6 Å². The van der Waals surface area contributed by atoms with Crippen LogP contribution in [-0.4, -0.2) is 80.6 Å². The number of hydrogen-bond donors (Lipinski definition) is 1. The number of unbranched alkanes of at least 4 members (excludes halogenated alkanes) is 3. The molecule has 0 saturated carbocycles.